The van der Waals surface area contributed by atoms with E-state index in [2.05, 4.69) is 20.5 Å². The van der Waals surface area contributed by atoms with Crippen molar-refractivity contribution in [3.05, 3.63) is 29.3 Å². The third-order valence-corrected chi connectivity index (χ3v) is 4.00. The van der Waals surface area contributed by atoms with Crippen molar-refractivity contribution in [3.63, 3.8) is 0 Å². The predicted molar refractivity (Wildman–Crippen MR) is 85.4 cm³/mol. The molecule has 2 aromatic rings. The molecule has 0 saturated heterocycles. The Labute approximate surface area is 132 Å². The van der Waals surface area contributed by atoms with Gasteiger partial charge in [-0.1, -0.05) is 30.3 Å². The molecule has 21 heavy (non-hydrogen) atoms. The maximum absolute atomic E-state index is 11.8. The van der Waals surface area contributed by atoms with E-state index in [-0.39, 0.29) is 11.2 Å². The Morgan fingerprint density at radius 1 is 1.43 bits per heavy atom. The number of benzene rings is 1. The van der Waals surface area contributed by atoms with Gasteiger partial charge in [0.25, 0.3) is 0 Å². The summed E-state index contributed by atoms with van der Waals surface area (Å²) < 4.78 is 0. The number of rotatable bonds is 6. The highest BCUT2D eigenvalue weighted by Crippen LogP contribution is 2.23. The molecule has 1 atom stereocenters. The quantitative estimate of drug-likeness (QED) is 0.801. The SMILES string of the molecule is CCCNC(=O)C(C)Sc1n[nH]c(-c2ccc(Cl)cc2)n1. The van der Waals surface area contributed by atoms with Crippen LogP contribution in [0.5, 0.6) is 0 Å². The molecule has 5 nitrogen and oxygen atoms in total. The van der Waals surface area contributed by atoms with E-state index < -0.39 is 0 Å². The van der Waals surface area contributed by atoms with Gasteiger partial charge in [0.1, 0.15) is 0 Å². The summed E-state index contributed by atoms with van der Waals surface area (Å²) in [7, 11) is 0. The molecule has 1 aromatic carbocycles. The number of H-pyrrole nitrogens is 1. The normalized spacial score (nSPS) is 12.1. The molecule has 1 amide bonds. The zero-order valence-corrected chi connectivity index (χ0v) is 13.5. The Bertz CT molecular complexity index is 599. The number of aromatic amines is 1. The monoisotopic (exact) mass is 324 g/mol. The molecule has 1 unspecified atom stereocenters. The van der Waals surface area contributed by atoms with Gasteiger partial charge >= 0.3 is 0 Å². The largest absolute Gasteiger partial charge is 0.355 e. The summed E-state index contributed by atoms with van der Waals surface area (Å²) in [6.07, 6.45) is 0.921. The summed E-state index contributed by atoms with van der Waals surface area (Å²) in [5.74, 6) is 0.662. The van der Waals surface area contributed by atoms with Gasteiger partial charge in [0.2, 0.25) is 11.1 Å². The van der Waals surface area contributed by atoms with Crippen LogP contribution in [-0.4, -0.2) is 32.9 Å². The first-order chi connectivity index (χ1) is 10.1. The van der Waals surface area contributed by atoms with Crippen LogP contribution in [0.2, 0.25) is 5.02 Å². The average molecular weight is 325 g/mol. The second-order valence-corrected chi connectivity index (χ2v) is 6.27. The highest BCUT2D eigenvalue weighted by molar-refractivity contribution is 8.00. The zero-order chi connectivity index (χ0) is 15.2. The van der Waals surface area contributed by atoms with E-state index in [1.165, 1.54) is 11.8 Å². The Hall–Kier alpha value is -1.53. The summed E-state index contributed by atoms with van der Waals surface area (Å²) in [6.45, 7) is 4.55. The number of hydrogen-bond donors (Lipinski definition) is 2. The third kappa shape index (κ3) is 4.47. The molecule has 0 fully saturated rings. The lowest BCUT2D eigenvalue weighted by Crippen LogP contribution is -2.31. The summed E-state index contributed by atoms with van der Waals surface area (Å²) in [4.78, 5) is 16.2. The zero-order valence-electron chi connectivity index (χ0n) is 11.9. The van der Waals surface area contributed by atoms with Crippen LogP contribution in [0.4, 0.5) is 0 Å². The van der Waals surface area contributed by atoms with Crippen molar-refractivity contribution < 1.29 is 4.79 Å². The molecule has 0 aliphatic rings. The molecule has 1 heterocycles. The van der Waals surface area contributed by atoms with Crippen LogP contribution in [0, 0.1) is 0 Å². The van der Waals surface area contributed by atoms with Gasteiger partial charge in [0.15, 0.2) is 5.82 Å². The lowest BCUT2D eigenvalue weighted by Gasteiger charge is -2.08. The first-order valence-corrected chi connectivity index (χ1v) is 7.98. The van der Waals surface area contributed by atoms with E-state index in [9.17, 15) is 4.79 Å². The first kappa shape index (κ1) is 15.9. The molecule has 7 heteroatoms. The number of nitrogens with one attached hydrogen (secondary N) is 2. The minimum atomic E-state index is -0.231. The molecular weight excluding hydrogens is 308 g/mol. The van der Waals surface area contributed by atoms with Crippen molar-refractivity contribution >= 4 is 29.3 Å². The van der Waals surface area contributed by atoms with Crippen molar-refractivity contribution in [1.82, 2.24) is 20.5 Å². The Kier molecular flexibility index (Phi) is 5.64. The maximum Gasteiger partial charge on any atom is 0.233 e. The summed E-state index contributed by atoms with van der Waals surface area (Å²) in [5, 5.41) is 10.9. The molecule has 112 valence electrons. The molecule has 0 saturated carbocycles. The van der Waals surface area contributed by atoms with Gasteiger partial charge in [0, 0.05) is 17.1 Å². The van der Waals surface area contributed by atoms with Crippen LogP contribution < -0.4 is 5.32 Å². The van der Waals surface area contributed by atoms with Crippen LogP contribution in [0.25, 0.3) is 11.4 Å². The molecule has 0 spiro atoms. The van der Waals surface area contributed by atoms with Crippen LogP contribution in [-0.2, 0) is 4.79 Å². The summed E-state index contributed by atoms with van der Waals surface area (Å²) >= 11 is 7.18. The number of amides is 1. The Morgan fingerprint density at radius 2 is 2.14 bits per heavy atom. The maximum atomic E-state index is 11.8. The van der Waals surface area contributed by atoms with E-state index in [1.54, 1.807) is 12.1 Å². The van der Waals surface area contributed by atoms with Crippen LogP contribution in [0.1, 0.15) is 20.3 Å². The molecular formula is C14H17ClN4OS. The number of carbonyl (C=O) groups excluding carboxylic acids is 1. The fourth-order valence-electron chi connectivity index (χ4n) is 1.64. The second kappa shape index (κ2) is 7.47. The van der Waals surface area contributed by atoms with Crippen molar-refractivity contribution in [2.24, 2.45) is 0 Å². The lowest BCUT2D eigenvalue weighted by atomic mass is 10.2. The number of hydrogen-bond acceptors (Lipinski definition) is 4. The molecule has 0 bridgehead atoms. The van der Waals surface area contributed by atoms with Gasteiger partial charge in [-0.3, -0.25) is 9.89 Å². The minimum Gasteiger partial charge on any atom is -0.355 e. The number of thioether (sulfide) groups is 1. The van der Waals surface area contributed by atoms with E-state index in [0.717, 1.165) is 12.0 Å². The van der Waals surface area contributed by atoms with Crippen LogP contribution >= 0.6 is 23.4 Å². The fourth-order valence-corrected chi connectivity index (χ4v) is 2.51. The Balaban J connectivity index is 2.00. The van der Waals surface area contributed by atoms with Crippen molar-refractivity contribution in [1.29, 1.82) is 0 Å². The Morgan fingerprint density at radius 3 is 2.81 bits per heavy atom. The lowest BCUT2D eigenvalue weighted by molar-refractivity contribution is -0.120. The topological polar surface area (TPSA) is 70.7 Å². The number of nitrogens with zero attached hydrogens (tertiary/aromatic N) is 2. The average Bonchev–Trinajstić information content (AvgIpc) is 2.93. The van der Waals surface area contributed by atoms with Crippen molar-refractivity contribution in [2.75, 3.05) is 6.54 Å². The number of aromatic nitrogens is 3. The van der Waals surface area contributed by atoms with Gasteiger partial charge in [-0.05, 0) is 37.6 Å². The molecule has 0 aliphatic heterocycles. The van der Waals surface area contributed by atoms with Crippen LogP contribution in [0.15, 0.2) is 29.4 Å². The van der Waals surface area contributed by atoms with Crippen molar-refractivity contribution in [2.45, 2.75) is 30.7 Å². The fraction of sp³-hybridized carbons (Fsp3) is 0.357. The third-order valence-electron chi connectivity index (χ3n) is 2.78. The standard InChI is InChI=1S/C14H17ClN4OS/c1-3-8-16-13(20)9(2)21-14-17-12(18-19-14)10-4-6-11(15)7-5-10/h4-7,9H,3,8H2,1-2H3,(H,16,20)(H,17,18,19). The summed E-state index contributed by atoms with van der Waals surface area (Å²) in [5.41, 5.74) is 0.904. The predicted octanol–water partition coefficient (Wildman–Crippen LogP) is 3.13. The molecule has 2 rings (SSSR count). The van der Waals surface area contributed by atoms with E-state index >= 15 is 0 Å². The van der Waals surface area contributed by atoms with Gasteiger partial charge in [0.05, 0.1) is 5.25 Å². The van der Waals surface area contributed by atoms with E-state index in [4.69, 9.17) is 11.6 Å². The number of halogens is 1. The highest BCUT2D eigenvalue weighted by Gasteiger charge is 2.16. The minimum absolute atomic E-state index is 0.000284. The highest BCUT2D eigenvalue weighted by atomic mass is 35.5. The van der Waals surface area contributed by atoms with E-state index in [0.29, 0.717) is 22.5 Å². The van der Waals surface area contributed by atoms with Gasteiger partial charge < -0.3 is 5.32 Å². The number of carbonyl (C=O) groups is 1. The second-order valence-electron chi connectivity index (χ2n) is 4.52. The van der Waals surface area contributed by atoms with Crippen molar-refractivity contribution in [3.8, 4) is 11.4 Å². The van der Waals surface area contributed by atoms with E-state index in [1.807, 2.05) is 26.0 Å². The summed E-state index contributed by atoms with van der Waals surface area (Å²) in [6, 6.07) is 7.34. The molecule has 0 aliphatic carbocycles. The van der Waals surface area contributed by atoms with Gasteiger partial charge in [-0.2, -0.15) is 0 Å². The van der Waals surface area contributed by atoms with Gasteiger partial charge in [-0.25, -0.2) is 4.98 Å². The molecule has 2 N–H and O–H groups in total. The molecule has 0 radical (unpaired) electrons. The van der Waals surface area contributed by atoms with Crippen LogP contribution in [0.3, 0.4) is 0 Å². The first-order valence-electron chi connectivity index (χ1n) is 6.73. The molecule has 1 aromatic heterocycles. The smallest absolute Gasteiger partial charge is 0.233 e. The van der Waals surface area contributed by atoms with Gasteiger partial charge in [-0.15, -0.1) is 5.10 Å².